The average molecular weight is 317 g/mol. The summed E-state index contributed by atoms with van der Waals surface area (Å²) in [5, 5.41) is 16.1. The summed E-state index contributed by atoms with van der Waals surface area (Å²) in [5.41, 5.74) is 0.393. The molecule has 0 radical (unpaired) electrons. The van der Waals surface area contributed by atoms with Crippen LogP contribution >= 0.6 is 27.5 Å². The fourth-order valence-electron chi connectivity index (χ4n) is 1.18. The minimum absolute atomic E-state index is 0.193. The maximum atomic E-state index is 11.8. The van der Waals surface area contributed by atoms with Gasteiger partial charge in [0.15, 0.2) is 5.82 Å². The van der Waals surface area contributed by atoms with Crippen LogP contribution in [0.15, 0.2) is 22.7 Å². The van der Waals surface area contributed by atoms with Gasteiger partial charge in [-0.3, -0.25) is 4.79 Å². The Bertz CT molecular complexity index is 530. The Labute approximate surface area is 110 Å². The molecule has 0 aliphatic rings. The lowest BCUT2D eigenvalue weighted by molar-refractivity contribution is 0.0950. The number of nitrogens with zero attached hydrogens (tertiary/aromatic N) is 3. The summed E-state index contributed by atoms with van der Waals surface area (Å²) in [6.45, 7) is 0.193. The molecule has 17 heavy (non-hydrogen) atoms. The first-order chi connectivity index (χ1) is 8.16. The van der Waals surface area contributed by atoms with E-state index in [1.54, 1.807) is 18.2 Å². The minimum atomic E-state index is -0.291. The molecule has 2 N–H and O–H groups in total. The Morgan fingerprint density at radius 3 is 3.06 bits per heavy atom. The Balaban J connectivity index is 2.07. The minimum Gasteiger partial charge on any atom is -0.345 e. The van der Waals surface area contributed by atoms with E-state index in [2.05, 4.69) is 41.9 Å². The van der Waals surface area contributed by atoms with Gasteiger partial charge in [-0.25, -0.2) is 0 Å². The molecule has 1 heterocycles. The zero-order valence-corrected chi connectivity index (χ0v) is 10.8. The summed E-state index contributed by atoms with van der Waals surface area (Å²) in [7, 11) is 0. The smallest absolute Gasteiger partial charge is 0.253 e. The van der Waals surface area contributed by atoms with E-state index >= 15 is 0 Å². The van der Waals surface area contributed by atoms with E-state index < -0.39 is 0 Å². The van der Waals surface area contributed by atoms with Crippen molar-refractivity contribution in [1.82, 2.24) is 25.9 Å². The number of halogens is 2. The van der Waals surface area contributed by atoms with Crippen molar-refractivity contribution in [2.45, 2.75) is 6.54 Å². The summed E-state index contributed by atoms with van der Waals surface area (Å²) in [5.74, 6) is 0.116. The maximum Gasteiger partial charge on any atom is 0.253 e. The fourth-order valence-corrected chi connectivity index (χ4v) is 1.75. The number of aromatic nitrogens is 4. The molecule has 0 bridgehead atoms. The quantitative estimate of drug-likeness (QED) is 0.900. The third-order valence-electron chi connectivity index (χ3n) is 1.97. The Morgan fingerprint density at radius 1 is 1.53 bits per heavy atom. The van der Waals surface area contributed by atoms with E-state index in [1.807, 2.05) is 0 Å². The van der Waals surface area contributed by atoms with Crippen molar-refractivity contribution in [1.29, 1.82) is 0 Å². The number of hydrogen-bond donors (Lipinski definition) is 2. The standard InChI is InChI=1S/C9H7BrClN5O/c10-5-1-2-7(11)6(3-5)9(17)12-4-8-13-15-16-14-8/h1-3H,4H2,(H,12,17)(H,13,14,15,16). The van der Waals surface area contributed by atoms with Gasteiger partial charge in [0.25, 0.3) is 5.91 Å². The summed E-state index contributed by atoms with van der Waals surface area (Å²) in [6.07, 6.45) is 0. The van der Waals surface area contributed by atoms with Crippen LogP contribution in [0, 0.1) is 0 Å². The van der Waals surface area contributed by atoms with E-state index in [1.165, 1.54) is 0 Å². The number of tetrazole rings is 1. The molecule has 2 rings (SSSR count). The summed E-state index contributed by atoms with van der Waals surface area (Å²) >= 11 is 9.20. The van der Waals surface area contributed by atoms with Crippen LogP contribution in [0.2, 0.25) is 5.02 Å². The number of H-pyrrole nitrogens is 1. The van der Waals surface area contributed by atoms with Crippen molar-refractivity contribution < 1.29 is 4.79 Å². The van der Waals surface area contributed by atoms with Gasteiger partial charge in [-0.2, -0.15) is 5.21 Å². The molecule has 0 saturated carbocycles. The third kappa shape index (κ3) is 3.01. The molecular formula is C9H7BrClN5O. The molecule has 0 unspecified atom stereocenters. The zero-order chi connectivity index (χ0) is 12.3. The predicted octanol–water partition coefficient (Wildman–Crippen LogP) is 1.55. The zero-order valence-electron chi connectivity index (χ0n) is 8.44. The lowest BCUT2D eigenvalue weighted by Gasteiger charge is -2.05. The molecule has 0 saturated heterocycles. The highest BCUT2D eigenvalue weighted by Crippen LogP contribution is 2.20. The van der Waals surface area contributed by atoms with Crippen molar-refractivity contribution in [3.8, 4) is 0 Å². The molecule has 8 heteroatoms. The third-order valence-corrected chi connectivity index (χ3v) is 2.79. The van der Waals surface area contributed by atoms with E-state index in [9.17, 15) is 4.79 Å². The second-order valence-corrected chi connectivity index (χ2v) is 4.46. The van der Waals surface area contributed by atoms with Gasteiger partial charge in [-0.15, -0.1) is 10.2 Å². The van der Waals surface area contributed by atoms with Gasteiger partial charge >= 0.3 is 0 Å². The van der Waals surface area contributed by atoms with Crippen LogP contribution in [0.5, 0.6) is 0 Å². The second-order valence-electron chi connectivity index (χ2n) is 3.13. The lowest BCUT2D eigenvalue weighted by Crippen LogP contribution is -2.23. The first-order valence-electron chi connectivity index (χ1n) is 4.62. The van der Waals surface area contributed by atoms with E-state index in [-0.39, 0.29) is 12.5 Å². The highest BCUT2D eigenvalue weighted by atomic mass is 79.9. The first kappa shape index (κ1) is 12.0. The Morgan fingerprint density at radius 2 is 2.35 bits per heavy atom. The topological polar surface area (TPSA) is 83.6 Å². The van der Waals surface area contributed by atoms with E-state index in [0.29, 0.717) is 16.4 Å². The van der Waals surface area contributed by atoms with E-state index in [4.69, 9.17) is 11.6 Å². The van der Waals surface area contributed by atoms with Crippen molar-refractivity contribution in [2.24, 2.45) is 0 Å². The second kappa shape index (κ2) is 5.24. The monoisotopic (exact) mass is 315 g/mol. The van der Waals surface area contributed by atoms with Gasteiger partial charge in [0, 0.05) is 4.47 Å². The highest BCUT2D eigenvalue weighted by molar-refractivity contribution is 9.10. The predicted molar refractivity (Wildman–Crippen MR) is 64.5 cm³/mol. The highest BCUT2D eigenvalue weighted by Gasteiger charge is 2.11. The van der Waals surface area contributed by atoms with Crippen LogP contribution in [0.1, 0.15) is 16.2 Å². The number of benzene rings is 1. The van der Waals surface area contributed by atoms with Crippen molar-refractivity contribution in [2.75, 3.05) is 0 Å². The van der Waals surface area contributed by atoms with Crippen LogP contribution in [0.25, 0.3) is 0 Å². The van der Waals surface area contributed by atoms with Gasteiger partial charge in [0.05, 0.1) is 17.1 Å². The maximum absolute atomic E-state index is 11.8. The number of rotatable bonds is 3. The number of aromatic amines is 1. The van der Waals surface area contributed by atoms with Gasteiger partial charge in [0.2, 0.25) is 0 Å². The number of carbonyl (C=O) groups excluding carboxylic acids is 1. The fraction of sp³-hybridized carbons (Fsp3) is 0.111. The number of carbonyl (C=O) groups is 1. The van der Waals surface area contributed by atoms with Gasteiger partial charge in [-0.1, -0.05) is 32.7 Å². The molecule has 6 nitrogen and oxygen atoms in total. The Kier molecular flexibility index (Phi) is 3.70. The molecule has 0 atom stereocenters. The average Bonchev–Trinajstić information content (AvgIpc) is 2.82. The normalized spacial score (nSPS) is 10.2. The van der Waals surface area contributed by atoms with Crippen LogP contribution in [-0.4, -0.2) is 26.5 Å². The summed E-state index contributed by atoms with van der Waals surface area (Å²) in [6, 6.07) is 5.06. The number of amides is 1. The molecule has 1 amide bonds. The van der Waals surface area contributed by atoms with Crippen LogP contribution in [0.4, 0.5) is 0 Å². The number of nitrogens with one attached hydrogen (secondary N) is 2. The molecule has 0 fully saturated rings. The van der Waals surface area contributed by atoms with Crippen LogP contribution in [-0.2, 0) is 6.54 Å². The Hall–Kier alpha value is -1.47. The summed E-state index contributed by atoms with van der Waals surface area (Å²) in [4.78, 5) is 11.8. The van der Waals surface area contributed by atoms with Crippen molar-refractivity contribution >= 4 is 33.4 Å². The molecule has 0 aliphatic heterocycles. The van der Waals surface area contributed by atoms with Crippen LogP contribution in [0.3, 0.4) is 0 Å². The largest absolute Gasteiger partial charge is 0.345 e. The first-order valence-corrected chi connectivity index (χ1v) is 5.79. The SMILES string of the molecule is O=C(NCc1nn[nH]n1)c1cc(Br)ccc1Cl. The van der Waals surface area contributed by atoms with Crippen molar-refractivity contribution in [3.05, 3.63) is 39.1 Å². The molecule has 1 aromatic carbocycles. The van der Waals surface area contributed by atoms with Gasteiger partial charge in [0.1, 0.15) is 0 Å². The molecule has 0 aliphatic carbocycles. The van der Waals surface area contributed by atoms with E-state index in [0.717, 1.165) is 4.47 Å². The van der Waals surface area contributed by atoms with Crippen molar-refractivity contribution in [3.63, 3.8) is 0 Å². The molecule has 0 spiro atoms. The van der Waals surface area contributed by atoms with Gasteiger partial charge < -0.3 is 5.32 Å². The van der Waals surface area contributed by atoms with Crippen LogP contribution < -0.4 is 5.32 Å². The molecule has 1 aromatic heterocycles. The van der Waals surface area contributed by atoms with Gasteiger partial charge in [-0.05, 0) is 18.2 Å². The lowest BCUT2D eigenvalue weighted by atomic mass is 10.2. The molecule has 2 aromatic rings. The summed E-state index contributed by atoms with van der Waals surface area (Å²) < 4.78 is 0.784. The number of hydrogen-bond acceptors (Lipinski definition) is 4. The molecule has 88 valence electrons. The molecular weight excluding hydrogens is 309 g/mol.